The number of carbonyl (C=O) groups excluding carboxylic acids is 1. The number of hydrogen-bond donors (Lipinski definition) is 2. The van der Waals surface area contributed by atoms with Crippen LogP contribution in [0.1, 0.15) is 20.3 Å². The summed E-state index contributed by atoms with van der Waals surface area (Å²) in [6.45, 7) is 8.23. The van der Waals surface area contributed by atoms with Gasteiger partial charge in [0.2, 0.25) is 5.13 Å². The van der Waals surface area contributed by atoms with Gasteiger partial charge in [0.05, 0.1) is 13.2 Å². The fourth-order valence-corrected chi connectivity index (χ4v) is 2.64. The van der Waals surface area contributed by atoms with Crippen molar-refractivity contribution in [3.63, 3.8) is 0 Å². The Labute approximate surface area is 122 Å². The van der Waals surface area contributed by atoms with E-state index in [0.29, 0.717) is 11.7 Å². The van der Waals surface area contributed by atoms with Crippen molar-refractivity contribution in [3.05, 3.63) is 5.51 Å². The van der Waals surface area contributed by atoms with E-state index in [4.69, 9.17) is 4.74 Å². The minimum Gasteiger partial charge on any atom is -0.379 e. The molecule has 1 aromatic heterocycles. The molecular formula is C12H21N5O2S. The number of nitrogens with one attached hydrogen (secondary N) is 2. The average molecular weight is 299 g/mol. The summed E-state index contributed by atoms with van der Waals surface area (Å²) in [7, 11) is 0. The highest BCUT2D eigenvalue weighted by Gasteiger charge is 2.31. The number of urea groups is 1. The molecule has 0 saturated carbocycles. The van der Waals surface area contributed by atoms with Crippen LogP contribution in [0.25, 0.3) is 0 Å². The molecule has 2 rings (SSSR count). The van der Waals surface area contributed by atoms with Crippen LogP contribution in [0.2, 0.25) is 0 Å². The van der Waals surface area contributed by atoms with Crippen molar-refractivity contribution in [2.24, 2.45) is 0 Å². The molecule has 8 heteroatoms. The van der Waals surface area contributed by atoms with Gasteiger partial charge in [-0.25, -0.2) is 4.79 Å². The zero-order valence-corrected chi connectivity index (χ0v) is 12.7. The Balaban J connectivity index is 1.84. The van der Waals surface area contributed by atoms with Crippen molar-refractivity contribution >= 4 is 22.5 Å². The number of aromatic nitrogens is 2. The summed E-state index contributed by atoms with van der Waals surface area (Å²) in [4.78, 5) is 14.2. The van der Waals surface area contributed by atoms with Gasteiger partial charge in [-0.1, -0.05) is 18.3 Å². The predicted octanol–water partition coefficient (Wildman–Crippen LogP) is 1.16. The average Bonchev–Trinajstić information content (AvgIpc) is 2.98. The quantitative estimate of drug-likeness (QED) is 0.853. The monoisotopic (exact) mass is 299 g/mol. The van der Waals surface area contributed by atoms with Gasteiger partial charge in [-0.3, -0.25) is 10.2 Å². The molecule has 0 unspecified atom stereocenters. The first kappa shape index (κ1) is 15.1. The third kappa shape index (κ3) is 3.87. The van der Waals surface area contributed by atoms with E-state index in [2.05, 4.69) is 39.6 Å². The second-order valence-electron chi connectivity index (χ2n) is 5.00. The molecule has 1 aliphatic rings. The van der Waals surface area contributed by atoms with Gasteiger partial charge in [0.25, 0.3) is 0 Å². The number of hydrogen-bond acceptors (Lipinski definition) is 6. The number of rotatable bonds is 5. The second-order valence-corrected chi connectivity index (χ2v) is 5.83. The highest BCUT2D eigenvalue weighted by Crippen LogP contribution is 2.20. The van der Waals surface area contributed by atoms with Crippen LogP contribution in [0.3, 0.4) is 0 Å². The summed E-state index contributed by atoms with van der Waals surface area (Å²) < 4.78 is 5.38. The molecule has 2 amide bonds. The third-order valence-corrected chi connectivity index (χ3v) is 4.35. The van der Waals surface area contributed by atoms with Crippen LogP contribution >= 0.6 is 11.3 Å². The second kappa shape index (κ2) is 6.96. The highest BCUT2D eigenvalue weighted by atomic mass is 32.1. The summed E-state index contributed by atoms with van der Waals surface area (Å²) in [5, 5.41) is 13.6. The van der Waals surface area contributed by atoms with Crippen LogP contribution in [-0.2, 0) is 4.74 Å². The van der Waals surface area contributed by atoms with E-state index in [1.807, 2.05) is 0 Å². The summed E-state index contributed by atoms with van der Waals surface area (Å²) >= 11 is 1.30. The Kier molecular flexibility index (Phi) is 5.27. The number of anilines is 1. The van der Waals surface area contributed by atoms with Crippen molar-refractivity contribution in [1.29, 1.82) is 0 Å². The zero-order valence-electron chi connectivity index (χ0n) is 11.9. The molecule has 1 atom stereocenters. The zero-order chi connectivity index (χ0) is 14.4. The first-order valence-electron chi connectivity index (χ1n) is 6.78. The predicted molar refractivity (Wildman–Crippen MR) is 78.0 cm³/mol. The van der Waals surface area contributed by atoms with Gasteiger partial charge in [-0.2, -0.15) is 0 Å². The van der Waals surface area contributed by atoms with Gasteiger partial charge in [0.15, 0.2) is 0 Å². The van der Waals surface area contributed by atoms with Crippen molar-refractivity contribution in [3.8, 4) is 0 Å². The molecule has 2 heterocycles. The minimum absolute atomic E-state index is 0.0533. The Hall–Kier alpha value is -1.25. The molecule has 0 aromatic carbocycles. The molecule has 0 spiro atoms. The maximum Gasteiger partial charge on any atom is 0.321 e. The van der Waals surface area contributed by atoms with E-state index in [0.717, 1.165) is 32.7 Å². The van der Waals surface area contributed by atoms with E-state index in [9.17, 15) is 4.79 Å². The Morgan fingerprint density at radius 2 is 2.30 bits per heavy atom. The molecule has 112 valence electrons. The number of carbonyl (C=O) groups is 1. The number of morpholine rings is 1. The van der Waals surface area contributed by atoms with Crippen molar-refractivity contribution < 1.29 is 9.53 Å². The van der Waals surface area contributed by atoms with Gasteiger partial charge in [-0.15, -0.1) is 10.2 Å². The van der Waals surface area contributed by atoms with E-state index in [1.165, 1.54) is 11.3 Å². The van der Waals surface area contributed by atoms with E-state index in [1.54, 1.807) is 5.51 Å². The van der Waals surface area contributed by atoms with Crippen LogP contribution in [0.5, 0.6) is 0 Å². The maximum absolute atomic E-state index is 11.8. The SMILES string of the molecule is CC[C@@](C)(CNC(=O)Nc1nncs1)N1CCOCC1. The number of nitrogens with zero attached hydrogens (tertiary/aromatic N) is 3. The summed E-state index contributed by atoms with van der Waals surface area (Å²) in [5.74, 6) is 0. The fraction of sp³-hybridized carbons (Fsp3) is 0.750. The lowest BCUT2D eigenvalue weighted by atomic mass is 9.95. The van der Waals surface area contributed by atoms with Crippen LogP contribution in [0.15, 0.2) is 5.51 Å². The minimum atomic E-state index is -0.241. The molecule has 1 aromatic rings. The lowest BCUT2D eigenvalue weighted by Gasteiger charge is -2.42. The first-order valence-corrected chi connectivity index (χ1v) is 7.66. The molecule has 1 fully saturated rings. The van der Waals surface area contributed by atoms with Crippen LogP contribution in [0, 0.1) is 0 Å². The maximum atomic E-state index is 11.8. The standard InChI is InChI=1S/C12H21N5O2S/c1-3-12(2,17-4-6-19-7-5-17)8-13-10(18)15-11-16-14-9-20-11/h9H,3-8H2,1-2H3,(H2,13,15,16,18)/t12-/m0/s1. The largest absolute Gasteiger partial charge is 0.379 e. The number of ether oxygens (including phenoxy) is 1. The normalized spacial score (nSPS) is 19.3. The number of amides is 2. The lowest BCUT2D eigenvalue weighted by molar-refractivity contribution is -0.0163. The molecule has 1 aliphatic heterocycles. The molecular weight excluding hydrogens is 278 g/mol. The van der Waals surface area contributed by atoms with Gasteiger partial charge in [-0.05, 0) is 13.3 Å². The molecule has 1 saturated heterocycles. The Bertz CT molecular complexity index is 421. The molecule has 0 radical (unpaired) electrons. The van der Waals surface area contributed by atoms with Crippen LogP contribution in [0.4, 0.5) is 9.93 Å². The molecule has 0 bridgehead atoms. The van der Waals surface area contributed by atoms with Gasteiger partial charge in [0.1, 0.15) is 5.51 Å². The van der Waals surface area contributed by atoms with Crippen LogP contribution < -0.4 is 10.6 Å². The van der Waals surface area contributed by atoms with Gasteiger partial charge < -0.3 is 10.1 Å². The Morgan fingerprint density at radius 3 is 2.90 bits per heavy atom. The van der Waals surface area contributed by atoms with Crippen molar-refractivity contribution in [2.75, 3.05) is 38.2 Å². The van der Waals surface area contributed by atoms with Crippen molar-refractivity contribution in [2.45, 2.75) is 25.8 Å². The van der Waals surface area contributed by atoms with E-state index < -0.39 is 0 Å². The van der Waals surface area contributed by atoms with Crippen LogP contribution in [-0.4, -0.2) is 59.5 Å². The highest BCUT2D eigenvalue weighted by molar-refractivity contribution is 7.13. The third-order valence-electron chi connectivity index (χ3n) is 3.75. The van der Waals surface area contributed by atoms with Gasteiger partial charge >= 0.3 is 6.03 Å². The fourth-order valence-electron chi connectivity index (χ4n) is 2.20. The lowest BCUT2D eigenvalue weighted by Crippen LogP contribution is -2.57. The molecule has 2 N–H and O–H groups in total. The van der Waals surface area contributed by atoms with E-state index >= 15 is 0 Å². The van der Waals surface area contributed by atoms with Gasteiger partial charge in [0, 0.05) is 25.2 Å². The summed E-state index contributed by atoms with van der Waals surface area (Å²) in [6, 6.07) is -0.241. The smallest absolute Gasteiger partial charge is 0.321 e. The molecule has 7 nitrogen and oxygen atoms in total. The molecule has 20 heavy (non-hydrogen) atoms. The van der Waals surface area contributed by atoms with Crippen molar-refractivity contribution in [1.82, 2.24) is 20.4 Å². The topological polar surface area (TPSA) is 79.4 Å². The summed E-state index contributed by atoms with van der Waals surface area (Å²) in [6.07, 6.45) is 0.964. The van der Waals surface area contributed by atoms with E-state index in [-0.39, 0.29) is 11.6 Å². The molecule has 0 aliphatic carbocycles. The Morgan fingerprint density at radius 1 is 1.55 bits per heavy atom. The first-order chi connectivity index (χ1) is 9.64. The summed E-state index contributed by atoms with van der Waals surface area (Å²) in [5.41, 5.74) is 1.53.